The van der Waals surface area contributed by atoms with Crippen molar-refractivity contribution >= 4 is 17.6 Å². The van der Waals surface area contributed by atoms with Crippen molar-refractivity contribution in [3.63, 3.8) is 0 Å². The first kappa shape index (κ1) is 17.7. The largest absolute Gasteiger partial charge is 0.391 e. The van der Waals surface area contributed by atoms with Gasteiger partial charge < -0.3 is 20.6 Å². The minimum Gasteiger partial charge on any atom is -0.391 e. The van der Waals surface area contributed by atoms with E-state index in [9.17, 15) is 19.1 Å². The summed E-state index contributed by atoms with van der Waals surface area (Å²) in [7, 11) is 0. The van der Waals surface area contributed by atoms with Gasteiger partial charge in [-0.1, -0.05) is 25.0 Å². The van der Waals surface area contributed by atoms with Crippen molar-refractivity contribution < 1.29 is 19.1 Å². The van der Waals surface area contributed by atoms with Crippen LogP contribution in [0.2, 0.25) is 0 Å². The first-order valence-corrected chi connectivity index (χ1v) is 8.87. The van der Waals surface area contributed by atoms with Gasteiger partial charge in [0, 0.05) is 6.54 Å². The molecule has 2 aliphatic rings. The highest BCUT2D eigenvalue weighted by atomic mass is 19.1. The van der Waals surface area contributed by atoms with Crippen molar-refractivity contribution in [2.75, 3.05) is 11.4 Å². The lowest BCUT2D eigenvalue weighted by Crippen LogP contribution is -2.57. The van der Waals surface area contributed by atoms with Crippen molar-refractivity contribution in [1.82, 2.24) is 10.6 Å². The van der Waals surface area contributed by atoms with Crippen LogP contribution in [0.25, 0.3) is 0 Å². The third kappa shape index (κ3) is 4.10. The number of halogens is 1. The lowest BCUT2D eigenvalue weighted by atomic mass is 9.93. The highest BCUT2D eigenvalue weighted by Gasteiger charge is 2.33. The van der Waals surface area contributed by atoms with Gasteiger partial charge in [0.05, 0.1) is 17.8 Å². The second kappa shape index (κ2) is 7.82. The standard InChI is InChI=1S/C18H24FN3O3/c19-12-6-1-3-9-15(12)22-11-5-8-14(17(22)24)21-18(25)20-13-7-2-4-10-16(13)23/h1,3,6,9,13-14,16,23H,2,4-5,7-8,10-11H2,(H2,20,21,25)/t13-,14+,16-/m1/s1. The molecule has 1 aliphatic heterocycles. The maximum Gasteiger partial charge on any atom is 0.315 e. The molecule has 3 rings (SSSR count). The number of carbonyl (C=O) groups excluding carboxylic acids is 2. The van der Waals surface area contributed by atoms with Gasteiger partial charge in [-0.05, 0) is 37.8 Å². The highest BCUT2D eigenvalue weighted by Crippen LogP contribution is 2.24. The molecule has 3 N–H and O–H groups in total. The minimum absolute atomic E-state index is 0.238. The third-order valence-corrected chi connectivity index (χ3v) is 4.93. The van der Waals surface area contributed by atoms with Gasteiger partial charge in [0.25, 0.3) is 0 Å². The predicted molar refractivity (Wildman–Crippen MR) is 91.7 cm³/mol. The number of piperidine rings is 1. The summed E-state index contributed by atoms with van der Waals surface area (Å²) in [6.45, 7) is 0.431. The van der Waals surface area contributed by atoms with Crippen LogP contribution in [0.15, 0.2) is 24.3 Å². The Morgan fingerprint density at radius 1 is 1.12 bits per heavy atom. The minimum atomic E-state index is -0.686. The quantitative estimate of drug-likeness (QED) is 0.780. The molecule has 0 radical (unpaired) electrons. The summed E-state index contributed by atoms with van der Waals surface area (Å²) >= 11 is 0. The molecule has 0 bridgehead atoms. The first-order valence-electron chi connectivity index (χ1n) is 8.87. The van der Waals surface area contributed by atoms with Crippen LogP contribution in [0.4, 0.5) is 14.9 Å². The van der Waals surface area contributed by atoms with E-state index in [1.54, 1.807) is 18.2 Å². The van der Waals surface area contributed by atoms with Gasteiger partial charge in [-0.25, -0.2) is 9.18 Å². The topological polar surface area (TPSA) is 81.7 Å². The Bertz CT molecular complexity index is 640. The molecule has 1 aromatic carbocycles. The van der Waals surface area contributed by atoms with Gasteiger partial charge >= 0.3 is 6.03 Å². The second-order valence-electron chi connectivity index (χ2n) is 6.71. The Labute approximate surface area is 146 Å². The van der Waals surface area contributed by atoms with Crippen LogP contribution in [0.5, 0.6) is 0 Å². The fourth-order valence-corrected chi connectivity index (χ4v) is 3.57. The molecule has 7 heteroatoms. The molecule has 136 valence electrons. The number of para-hydroxylation sites is 1. The smallest absolute Gasteiger partial charge is 0.315 e. The van der Waals surface area contributed by atoms with Crippen LogP contribution in [0.1, 0.15) is 38.5 Å². The molecule has 0 aromatic heterocycles. The Morgan fingerprint density at radius 3 is 2.64 bits per heavy atom. The molecule has 1 aromatic rings. The fourth-order valence-electron chi connectivity index (χ4n) is 3.57. The molecule has 0 spiro atoms. The molecule has 1 saturated carbocycles. The molecular formula is C18H24FN3O3. The molecule has 1 saturated heterocycles. The Balaban J connectivity index is 1.61. The zero-order valence-corrected chi connectivity index (χ0v) is 14.1. The molecule has 3 amide bonds. The number of rotatable bonds is 3. The van der Waals surface area contributed by atoms with Crippen LogP contribution in [-0.4, -0.2) is 41.8 Å². The van der Waals surface area contributed by atoms with Crippen molar-refractivity contribution in [2.45, 2.75) is 56.7 Å². The van der Waals surface area contributed by atoms with Gasteiger partial charge in [0.1, 0.15) is 11.9 Å². The normalized spacial score (nSPS) is 27.0. The van der Waals surface area contributed by atoms with Crippen molar-refractivity contribution in [3.8, 4) is 0 Å². The number of nitrogens with one attached hydrogen (secondary N) is 2. The maximum atomic E-state index is 14.0. The third-order valence-electron chi connectivity index (χ3n) is 4.93. The summed E-state index contributed by atoms with van der Waals surface area (Å²) in [5.74, 6) is -0.762. The Kier molecular flexibility index (Phi) is 5.53. The second-order valence-corrected chi connectivity index (χ2v) is 6.71. The number of hydrogen-bond acceptors (Lipinski definition) is 3. The van der Waals surface area contributed by atoms with Gasteiger partial charge in [-0.15, -0.1) is 0 Å². The number of nitrogens with zero attached hydrogens (tertiary/aromatic N) is 1. The number of aliphatic hydroxyl groups excluding tert-OH is 1. The van der Waals surface area contributed by atoms with E-state index in [1.807, 2.05) is 0 Å². The van der Waals surface area contributed by atoms with E-state index in [-0.39, 0.29) is 17.6 Å². The van der Waals surface area contributed by atoms with Crippen molar-refractivity contribution in [2.24, 2.45) is 0 Å². The Morgan fingerprint density at radius 2 is 1.88 bits per heavy atom. The number of benzene rings is 1. The molecule has 1 heterocycles. The average molecular weight is 349 g/mol. The van der Waals surface area contributed by atoms with Gasteiger partial charge in [0.15, 0.2) is 0 Å². The average Bonchev–Trinajstić information content (AvgIpc) is 2.60. The molecule has 1 aliphatic carbocycles. The van der Waals surface area contributed by atoms with Crippen molar-refractivity contribution in [3.05, 3.63) is 30.1 Å². The molecule has 0 unspecified atom stereocenters. The molecule has 3 atom stereocenters. The number of urea groups is 1. The predicted octanol–water partition coefficient (Wildman–Crippen LogP) is 1.92. The Hall–Kier alpha value is -2.15. The van der Waals surface area contributed by atoms with Crippen LogP contribution >= 0.6 is 0 Å². The lowest BCUT2D eigenvalue weighted by Gasteiger charge is -2.34. The van der Waals surface area contributed by atoms with Crippen molar-refractivity contribution in [1.29, 1.82) is 0 Å². The summed E-state index contributed by atoms with van der Waals surface area (Å²) < 4.78 is 14.0. The van der Waals surface area contributed by atoms with Crippen LogP contribution in [0, 0.1) is 5.82 Å². The summed E-state index contributed by atoms with van der Waals surface area (Å²) in [5, 5.41) is 15.4. The number of hydrogen-bond donors (Lipinski definition) is 3. The summed E-state index contributed by atoms with van der Waals surface area (Å²) in [4.78, 5) is 26.2. The van der Waals surface area contributed by atoms with E-state index in [1.165, 1.54) is 11.0 Å². The van der Waals surface area contributed by atoms with E-state index < -0.39 is 24.0 Å². The van der Waals surface area contributed by atoms with Gasteiger partial charge in [0.2, 0.25) is 5.91 Å². The molecule has 2 fully saturated rings. The monoisotopic (exact) mass is 349 g/mol. The zero-order chi connectivity index (χ0) is 17.8. The number of carbonyl (C=O) groups is 2. The van der Waals surface area contributed by atoms with Crippen LogP contribution in [-0.2, 0) is 4.79 Å². The summed E-state index contributed by atoms with van der Waals surface area (Å²) in [6.07, 6.45) is 3.98. The highest BCUT2D eigenvalue weighted by molar-refractivity contribution is 5.99. The molecular weight excluding hydrogens is 325 g/mol. The molecule has 6 nitrogen and oxygen atoms in total. The zero-order valence-electron chi connectivity index (χ0n) is 14.1. The SMILES string of the molecule is O=C(N[C@H]1CCCN(c2ccccc2F)C1=O)N[C@@H]1CCCC[C@H]1O. The van der Waals surface area contributed by atoms with E-state index in [0.717, 1.165) is 19.3 Å². The van der Waals surface area contributed by atoms with Gasteiger partial charge in [-0.3, -0.25) is 4.79 Å². The summed E-state index contributed by atoms with van der Waals surface area (Å²) in [6, 6.07) is 4.71. The van der Waals surface area contributed by atoms with E-state index in [2.05, 4.69) is 10.6 Å². The van der Waals surface area contributed by atoms with Gasteiger partial charge in [-0.2, -0.15) is 0 Å². The maximum absolute atomic E-state index is 14.0. The van der Waals surface area contributed by atoms with E-state index in [0.29, 0.717) is 25.8 Å². The molecule has 25 heavy (non-hydrogen) atoms. The van der Waals surface area contributed by atoms with E-state index >= 15 is 0 Å². The fraction of sp³-hybridized carbons (Fsp3) is 0.556. The first-order chi connectivity index (χ1) is 12.1. The van der Waals surface area contributed by atoms with E-state index in [4.69, 9.17) is 0 Å². The van der Waals surface area contributed by atoms with Crippen LogP contribution < -0.4 is 15.5 Å². The number of amides is 3. The van der Waals surface area contributed by atoms with Crippen LogP contribution in [0.3, 0.4) is 0 Å². The summed E-state index contributed by atoms with van der Waals surface area (Å²) in [5.41, 5.74) is 0.238. The number of aliphatic hydroxyl groups is 1. The lowest BCUT2D eigenvalue weighted by molar-refractivity contribution is -0.121. The number of anilines is 1.